The standard InChI is InChI=1S/C13H13N3S2/c1-3-11(17-5-1)7-12(13-4-2-6-18-13)16-10-8-14-15-9-10/h1-6,8-9,12,16H,7H2,(H,14,15). The predicted octanol–water partition coefficient (Wildman–Crippen LogP) is 3.93. The zero-order valence-electron chi connectivity index (χ0n) is 9.67. The molecule has 5 heteroatoms. The SMILES string of the molecule is c1csc(CC(Nc2cn[nH]c2)c2cccs2)c1. The first kappa shape index (κ1) is 11.5. The molecule has 92 valence electrons. The summed E-state index contributed by atoms with van der Waals surface area (Å²) < 4.78 is 0. The highest BCUT2D eigenvalue weighted by Crippen LogP contribution is 2.28. The Morgan fingerprint density at radius 1 is 1.22 bits per heavy atom. The third-order valence-electron chi connectivity index (χ3n) is 2.71. The molecule has 0 saturated carbocycles. The van der Waals surface area contributed by atoms with E-state index < -0.39 is 0 Å². The Kier molecular flexibility index (Phi) is 3.43. The molecule has 18 heavy (non-hydrogen) atoms. The molecule has 0 fully saturated rings. The molecule has 1 unspecified atom stereocenters. The van der Waals surface area contributed by atoms with E-state index in [1.807, 2.05) is 12.4 Å². The molecule has 0 spiro atoms. The number of hydrogen-bond acceptors (Lipinski definition) is 4. The molecule has 3 aromatic heterocycles. The zero-order chi connectivity index (χ0) is 12.2. The highest BCUT2D eigenvalue weighted by atomic mass is 32.1. The Morgan fingerprint density at radius 3 is 2.78 bits per heavy atom. The fourth-order valence-electron chi connectivity index (χ4n) is 1.87. The molecular formula is C13H13N3S2. The van der Waals surface area contributed by atoms with Gasteiger partial charge in [-0.05, 0) is 22.9 Å². The van der Waals surface area contributed by atoms with Crippen molar-refractivity contribution >= 4 is 28.4 Å². The number of H-pyrrole nitrogens is 1. The van der Waals surface area contributed by atoms with Gasteiger partial charge in [-0.3, -0.25) is 5.10 Å². The summed E-state index contributed by atoms with van der Waals surface area (Å²) in [5.41, 5.74) is 1.03. The van der Waals surface area contributed by atoms with Crippen LogP contribution in [0.3, 0.4) is 0 Å². The third-order valence-corrected chi connectivity index (χ3v) is 4.60. The lowest BCUT2D eigenvalue weighted by molar-refractivity contribution is 0.802. The summed E-state index contributed by atoms with van der Waals surface area (Å²) in [6, 6.07) is 8.86. The summed E-state index contributed by atoms with van der Waals surface area (Å²) in [6.45, 7) is 0. The van der Waals surface area contributed by atoms with Gasteiger partial charge in [0.1, 0.15) is 0 Å². The first-order chi connectivity index (χ1) is 8.92. The lowest BCUT2D eigenvalue weighted by atomic mass is 10.1. The maximum Gasteiger partial charge on any atom is 0.0728 e. The lowest BCUT2D eigenvalue weighted by Crippen LogP contribution is -2.11. The number of rotatable bonds is 5. The van der Waals surface area contributed by atoms with Crippen molar-refractivity contribution in [2.75, 3.05) is 5.32 Å². The van der Waals surface area contributed by atoms with Crippen molar-refractivity contribution in [2.24, 2.45) is 0 Å². The van der Waals surface area contributed by atoms with E-state index >= 15 is 0 Å². The van der Waals surface area contributed by atoms with Crippen molar-refractivity contribution < 1.29 is 0 Å². The fraction of sp³-hybridized carbons (Fsp3) is 0.154. The van der Waals surface area contributed by atoms with Gasteiger partial charge in [0.15, 0.2) is 0 Å². The highest BCUT2D eigenvalue weighted by molar-refractivity contribution is 7.10. The van der Waals surface area contributed by atoms with Gasteiger partial charge in [-0.15, -0.1) is 22.7 Å². The minimum absolute atomic E-state index is 0.307. The van der Waals surface area contributed by atoms with Crippen LogP contribution < -0.4 is 5.32 Å². The topological polar surface area (TPSA) is 40.7 Å². The first-order valence-electron chi connectivity index (χ1n) is 5.73. The number of nitrogens with zero attached hydrogens (tertiary/aromatic N) is 1. The van der Waals surface area contributed by atoms with E-state index in [4.69, 9.17) is 0 Å². The monoisotopic (exact) mass is 275 g/mol. The second-order valence-electron chi connectivity index (χ2n) is 3.98. The molecule has 0 aromatic carbocycles. The largest absolute Gasteiger partial charge is 0.375 e. The number of thiophene rings is 2. The molecule has 0 bridgehead atoms. The minimum atomic E-state index is 0.307. The number of nitrogens with one attached hydrogen (secondary N) is 2. The Labute approximate surface area is 114 Å². The number of aromatic nitrogens is 2. The van der Waals surface area contributed by atoms with Crippen molar-refractivity contribution in [3.8, 4) is 0 Å². The van der Waals surface area contributed by atoms with Crippen molar-refractivity contribution in [1.29, 1.82) is 0 Å². The Bertz CT molecular complexity index is 519. The Morgan fingerprint density at radius 2 is 2.11 bits per heavy atom. The lowest BCUT2D eigenvalue weighted by Gasteiger charge is -2.16. The Hall–Kier alpha value is -1.59. The maximum absolute atomic E-state index is 3.97. The molecule has 0 amide bonds. The van der Waals surface area contributed by atoms with Gasteiger partial charge in [0.05, 0.1) is 17.9 Å². The van der Waals surface area contributed by atoms with Crippen LogP contribution in [0, 0.1) is 0 Å². The van der Waals surface area contributed by atoms with Gasteiger partial charge in [0, 0.05) is 22.4 Å². The average Bonchev–Trinajstić information content (AvgIpc) is 3.13. The van der Waals surface area contributed by atoms with Gasteiger partial charge in [-0.1, -0.05) is 12.1 Å². The summed E-state index contributed by atoms with van der Waals surface area (Å²) in [6.07, 6.45) is 4.70. The van der Waals surface area contributed by atoms with Gasteiger partial charge in [0.25, 0.3) is 0 Å². The van der Waals surface area contributed by atoms with Crippen LogP contribution in [0.25, 0.3) is 0 Å². The smallest absolute Gasteiger partial charge is 0.0728 e. The third kappa shape index (κ3) is 2.63. The van der Waals surface area contributed by atoms with Gasteiger partial charge in [-0.2, -0.15) is 5.10 Å². The van der Waals surface area contributed by atoms with E-state index in [1.165, 1.54) is 9.75 Å². The van der Waals surface area contributed by atoms with Crippen LogP contribution in [0.5, 0.6) is 0 Å². The molecular weight excluding hydrogens is 262 g/mol. The van der Waals surface area contributed by atoms with E-state index in [1.54, 1.807) is 22.7 Å². The van der Waals surface area contributed by atoms with Crippen molar-refractivity contribution in [1.82, 2.24) is 10.2 Å². The Balaban J connectivity index is 1.80. The summed E-state index contributed by atoms with van der Waals surface area (Å²) in [7, 11) is 0. The van der Waals surface area contributed by atoms with Crippen molar-refractivity contribution in [2.45, 2.75) is 12.5 Å². The zero-order valence-corrected chi connectivity index (χ0v) is 11.3. The van der Waals surface area contributed by atoms with Gasteiger partial charge in [0.2, 0.25) is 0 Å². The number of hydrogen-bond donors (Lipinski definition) is 2. The molecule has 0 aliphatic rings. The minimum Gasteiger partial charge on any atom is -0.375 e. The van der Waals surface area contributed by atoms with E-state index in [2.05, 4.69) is 50.5 Å². The molecule has 3 aromatic rings. The summed E-state index contributed by atoms with van der Waals surface area (Å²) in [5, 5.41) is 14.6. The predicted molar refractivity (Wildman–Crippen MR) is 77.3 cm³/mol. The summed E-state index contributed by atoms with van der Waals surface area (Å²) >= 11 is 3.59. The van der Waals surface area contributed by atoms with E-state index in [-0.39, 0.29) is 0 Å². The van der Waals surface area contributed by atoms with Gasteiger partial charge < -0.3 is 5.32 Å². The van der Waals surface area contributed by atoms with E-state index in [0.29, 0.717) is 6.04 Å². The van der Waals surface area contributed by atoms with Crippen LogP contribution in [0.1, 0.15) is 15.8 Å². The molecule has 0 aliphatic heterocycles. The van der Waals surface area contributed by atoms with Crippen molar-refractivity contribution in [3.05, 3.63) is 57.2 Å². The normalized spacial score (nSPS) is 12.4. The second kappa shape index (κ2) is 5.37. The second-order valence-corrected chi connectivity index (χ2v) is 5.99. The van der Waals surface area contributed by atoms with Crippen LogP contribution in [-0.2, 0) is 6.42 Å². The van der Waals surface area contributed by atoms with Crippen LogP contribution in [-0.4, -0.2) is 10.2 Å². The van der Waals surface area contributed by atoms with Crippen LogP contribution >= 0.6 is 22.7 Å². The van der Waals surface area contributed by atoms with E-state index in [0.717, 1.165) is 12.1 Å². The number of aromatic amines is 1. The molecule has 0 saturated heterocycles. The van der Waals surface area contributed by atoms with E-state index in [9.17, 15) is 0 Å². The molecule has 3 heterocycles. The van der Waals surface area contributed by atoms with Gasteiger partial charge in [-0.25, -0.2) is 0 Å². The quantitative estimate of drug-likeness (QED) is 0.740. The first-order valence-corrected chi connectivity index (χ1v) is 7.49. The van der Waals surface area contributed by atoms with Crippen molar-refractivity contribution in [3.63, 3.8) is 0 Å². The maximum atomic E-state index is 3.97. The van der Waals surface area contributed by atoms with Crippen LogP contribution in [0.2, 0.25) is 0 Å². The molecule has 3 rings (SSSR count). The van der Waals surface area contributed by atoms with Crippen LogP contribution in [0.15, 0.2) is 47.4 Å². The number of anilines is 1. The summed E-state index contributed by atoms with van der Waals surface area (Å²) in [4.78, 5) is 2.74. The molecule has 0 aliphatic carbocycles. The van der Waals surface area contributed by atoms with Crippen LogP contribution in [0.4, 0.5) is 5.69 Å². The molecule has 0 radical (unpaired) electrons. The molecule has 2 N–H and O–H groups in total. The molecule has 1 atom stereocenters. The van der Waals surface area contributed by atoms with Gasteiger partial charge >= 0.3 is 0 Å². The molecule has 3 nitrogen and oxygen atoms in total. The summed E-state index contributed by atoms with van der Waals surface area (Å²) in [5.74, 6) is 0. The fourth-order valence-corrected chi connectivity index (χ4v) is 3.40. The average molecular weight is 275 g/mol. The highest BCUT2D eigenvalue weighted by Gasteiger charge is 2.14.